The fourth-order valence-corrected chi connectivity index (χ4v) is 2.58. The van der Waals surface area contributed by atoms with E-state index in [9.17, 15) is 5.26 Å². The second-order valence-corrected chi connectivity index (χ2v) is 5.33. The maximum absolute atomic E-state index is 9.43. The number of aromatic nitrogens is 1. The fourth-order valence-electron chi connectivity index (χ4n) is 2.45. The van der Waals surface area contributed by atoms with Gasteiger partial charge in [0.15, 0.2) is 0 Å². The van der Waals surface area contributed by atoms with Crippen LogP contribution in [0.4, 0.5) is 0 Å². The van der Waals surface area contributed by atoms with Crippen LogP contribution in [0, 0.1) is 11.3 Å². The Labute approximate surface area is 128 Å². The van der Waals surface area contributed by atoms with Crippen molar-refractivity contribution >= 4 is 34.2 Å². The van der Waals surface area contributed by atoms with Crippen LogP contribution in [0.2, 0.25) is 5.02 Å². The number of nitriles is 1. The smallest absolute Gasteiger partial charge is 0.0998 e. The normalized spacial score (nSPS) is 11.6. The molecule has 0 radical (unpaired) electrons. The van der Waals surface area contributed by atoms with Crippen LogP contribution in [0.3, 0.4) is 0 Å². The first-order chi connectivity index (χ1) is 10.2. The van der Waals surface area contributed by atoms with Crippen LogP contribution in [-0.4, -0.2) is 4.57 Å². The van der Waals surface area contributed by atoms with Crippen molar-refractivity contribution in [2.75, 3.05) is 0 Å². The third-order valence-corrected chi connectivity index (χ3v) is 3.76. The van der Waals surface area contributed by atoms with Crippen LogP contribution in [0.15, 0.2) is 54.7 Å². The zero-order chi connectivity index (χ0) is 14.8. The largest absolute Gasteiger partial charge is 0.350 e. The highest BCUT2D eigenvalue weighted by molar-refractivity contribution is 6.30. The third-order valence-electron chi connectivity index (χ3n) is 3.50. The van der Waals surface area contributed by atoms with Crippen molar-refractivity contribution in [2.45, 2.75) is 0 Å². The molecule has 0 atom stereocenters. The molecule has 0 aliphatic rings. The molecule has 3 heteroatoms. The topological polar surface area (TPSA) is 28.7 Å². The molecular formula is C18H13ClN2. The van der Waals surface area contributed by atoms with E-state index in [0.717, 1.165) is 22.0 Å². The minimum atomic E-state index is 0.628. The molecule has 3 aromatic rings. The van der Waals surface area contributed by atoms with Gasteiger partial charge < -0.3 is 4.57 Å². The minimum absolute atomic E-state index is 0.628. The van der Waals surface area contributed by atoms with Gasteiger partial charge in [-0.3, -0.25) is 0 Å². The van der Waals surface area contributed by atoms with E-state index in [2.05, 4.69) is 22.8 Å². The number of fused-ring (bicyclic) bond motifs is 1. The number of hydrogen-bond donors (Lipinski definition) is 0. The fraction of sp³-hybridized carbons (Fsp3) is 0.0556. The Morgan fingerprint density at radius 1 is 1.14 bits per heavy atom. The molecule has 102 valence electrons. The number of allylic oxidation sites excluding steroid dienone is 1. The van der Waals surface area contributed by atoms with Crippen LogP contribution < -0.4 is 0 Å². The number of hydrogen-bond acceptors (Lipinski definition) is 1. The minimum Gasteiger partial charge on any atom is -0.350 e. The summed E-state index contributed by atoms with van der Waals surface area (Å²) in [6.07, 6.45) is 3.96. The van der Waals surface area contributed by atoms with E-state index in [1.54, 1.807) is 12.1 Å². The molecule has 21 heavy (non-hydrogen) atoms. The molecule has 0 amide bonds. The first-order valence-corrected chi connectivity index (χ1v) is 6.98. The lowest BCUT2D eigenvalue weighted by Crippen LogP contribution is -1.82. The molecular weight excluding hydrogens is 280 g/mol. The van der Waals surface area contributed by atoms with Crippen LogP contribution in [0.5, 0.6) is 0 Å². The number of para-hydroxylation sites is 1. The van der Waals surface area contributed by atoms with Gasteiger partial charge in [0, 0.05) is 34.7 Å². The van der Waals surface area contributed by atoms with Crippen molar-refractivity contribution in [3.05, 3.63) is 70.9 Å². The Morgan fingerprint density at radius 2 is 1.86 bits per heavy atom. The first-order valence-electron chi connectivity index (χ1n) is 6.61. The number of halogens is 1. The Morgan fingerprint density at radius 3 is 2.57 bits per heavy atom. The van der Waals surface area contributed by atoms with Crippen molar-refractivity contribution in [3.63, 3.8) is 0 Å². The van der Waals surface area contributed by atoms with Crippen LogP contribution in [0.25, 0.3) is 22.6 Å². The highest BCUT2D eigenvalue weighted by atomic mass is 35.5. The first kappa shape index (κ1) is 13.5. The second-order valence-electron chi connectivity index (χ2n) is 4.89. The Balaban J connectivity index is 2.13. The van der Waals surface area contributed by atoms with Gasteiger partial charge in [-0.1, -0.05) is 41.9 Å². The van der Waals surface area contributed by atoms with Crippen molar-refractivity contribution in [2.24, 2.45) is 7.05 Å². The zero-order valence-electron chi connectivity index (χ0n) is 11.5. The molecule has 0 unspecified atom stereocenters. The zero-order valence-corrected chi connectivity index (χ0v) is 12.3. The molecule has 0 N–H and O–H groups in total. The molecule has 0 spiro atoms. The average molecular weight is 293 g/mol. The summed E-state index contributed by atoms with van der Waals surface area (Å²) in [4.78, 5) is 0. The summed E-state index contributed by atoms with van der Waals surface area (Å²) in [5, 5.41) is 11.2. The molecule has 0 fully saturated rings. The highest BCUT2D eigenvalue weighted by Crippen LogP contribution is 2.25. The Hall–Kier alpha value is -2.50. The molecule has 0 bridgehead atoms. The lowest BCUT2D eigenvalue weighted by atomic mass is 10.0. The summed E-state index contributed by atoms with van der Waals surface area (Å²) in [5.41, 5.74) is 3.69. The number of rotatable bonds is 2. The van der Waals surface area contributed by atoms with Crippen LogP contribution in [0.1, 0.15) is 11.1 Å². The highest BCUT2D eigenvalue weighted by Gasteiger charge is 2.06. The summed E-state index contributed by atoms with van der Waals surface area (Å²) in [6.45, 7) is 0. The number of nitrogens with zero attached hydrogens (tertiary/aromatic N) is 2. The van der Waals surface area contributed by atoms with Crippen molar-refractivity contribution in [3.8, 4) is 6.07 Å². The summed E-state index contributed by atoms with van der Waals surface area (Å²) in [5.74, 6) is 0. The van der Waals surface area contributed by atoms with Gasteiger partial charge >= 0.3 is 0 Å². The predicted molar refractivity (Wildman–Crippen MR) is 87.9 cm³/mol. The maximum Gasteiger partial charge on any atom is 0.0998 e. The van der Waals surface area contributed by atoms with E-state index >= 15 is 0 Å². The van der Waals surface area contributed by atoms with E-state index in [4.69, 9.17) is 11.6 Å². The average Bonchev–Trinajstić information content (AvgIpc) is 2.83. The van der Waals surface area contributed by atoms with Crippen molar-refractivity contribution < 1.29 is 0 Å². The van der Waals surface area contributed by atoms with Crippen LogP contribution in [-0.2, 0) is 7.05 Å². The monoisotopic (exact) mass is 292 g/mol. The van der Waals surface area contributed by atoms with Gasteiger partial charge in [-0.15, -0.1) is 0 Å². The lowest BCUT2D eigenvalue weighted by molar-refractivity contribution is 0.968. The van der Waals surface area contributed by atoms with Gasteiger partial charge in [0.05, 0.1) is 11.6 Å². The Bertz CT molecular complexity index is 864. The quantitative estimate of drug-likeness (QED) is 0.618. The van der Waals surface area contributed by atoms with Gasteiger partial charge in [0.1, 0.15) is 0 Å². The van der Waals surface area contributed by atoms with Crippen molar-refractivity contribution in [1.29, 1.82) is 5.26 Å². The van der Waals surface area contributed by atoms with E-state index in [-0.39, 0.29) is 0 Å². The van der Waals surface area contributed by atoms with E-state index in [1.165, 1.54) is 0 Å². The van der Waals surface area contributed by atoms with E-state index in [0.29, 0.717) is 10.6 Å². The molecule has 0 saturated carbocycles. The second kappa shape index (κ2) is 5.47. The third kappa shape index (κ3) is 2.56. The summed E-state index contributed by atoms with van der Waals surface area (Å²) >= 11 is 5.90. The molecule has 0 saturated heterocycles. The molecule has 1 aromatic heterocycles. The maximum atomic E-state index is 9.43. The molecule has 2 aromatic carbocycles. The molecule has 0 aliphatic heterocycles. The SMILES string of the molecule is Cn1cc(C=C(C#N)c2ccc(Cl)cc2)c2ccccc21. The van der Waals surface area contributed by atoms with Crippen molar-refractivity contribution in [1.82, 2.24) is 4.57 Å². The Kier molecular flexibility index (Phi) is 3.51. The number of aryl methyl sites for hydroxylation is 1. The molecule has 3 rings (SSSR count). The number of benzene rings is 2. The van der Waals surface area contributed by atoms with E-state index < -0.39 is 0 Å². The van der Waals surface area contributed by atoms with Gasteiger partial charge in [0.25, 0.3) is 0 Å². The lowest BCUT2D eigenvalue weighted by Gasteiger charge is -1.99. The van der Waals surface area contributed by atoms with Gasteiger partial charge in [0.2, 0.25) is 0 Å². The van der Waals surface area contributed by atoms with Crippen LogP contribution >= 0.6 is 11.6 Å². The van der Waals surface area contributed by atoms with Gasteiger partial charge in [-0.25, -0.2) is 0 Å². The molecule has 0 aliphatic carbocycles. The summed E-state index contributed by atoms with van der Waals surface area (Å²) in [6, 6.07) is 17.7. The summed E-state index contributed by atoms with van der Waals surface area (Å²) < 4.78 is 2.07. The van der Waals surface area contributed by atoms with Gasteiger partial charge in [-0.2, -0.15) is 5.26 Å². The molecule has 2 nitrogen and oxygen atoms in total. The van der Waals surface area contributed by atoms with E-state index in [1.807, 2.05) is 43.6 Å². The molecule has 1 heterocycles. The van der Waals surface area contributed by atoms with Gasteiger partial charge in [-0.05, 0) is 29.8 Å². The summed E-state index contributed by atoms with van der Waals surface area (Å²) in [7, 11) is 2.01. The standard InChI is InChI=1S/C18H13ClN2/c1-21-12-15(17-4-2-3-5-18(17)21)10-14(11-20)13-6-8-16(19)9-7-13/h2-10,12H,1H3. The predicted octanol–water partition coefficient (Wildman–Crippen LogP) is 4.90.